The first-order chi connectivity index (χ1) is 9.08. The van der Waals surface area contributed by atoms with Crippen LogP contribution in [-0.4, -0.2) is 17.3 Å². The normalized spacial score (nSPS) is 30.3. The van der Waals surface area contributed by atoms with E-state index in [1.165, 1.54) is 5.56 Å². The van der Waals surface area contributed by atoms with Gasteiger partial charge >= 0.3 is 0 Å². The molecule has 1 amide bonds. The van der Waals surface area contributed by atoms with Crippen LogP contribution in [0.3, 0.4) is 0 Å². The van der Waals surface area contributed by atoms with Gasteiger partial charge < -0.3 is 5.32 Å². The maximum Gasteiger partial charge on any atom is 0.272 e. The third kappa shape index (κ3) is 2.29. The van der Waals surface area contributed by atoms with Crippen LogP contribution in [0.5, 0.6) is 0 Å². The number of aryl methyl sites for hydroxylation is 1. The van der Waals surface area contributed by atoms with Gasteiger partial charge in [-0.1, -0.05) is 36.8 Å². The van der Waals surface area contributed by atoms with E-state index in [2.05, 4.69) is 12.2 Å². The number of carbonyl (C=O) groups excluding carboxylic acids is 1. The minimum atomic E-state index is -0.316. The van der Waals surface area contributed by atoms with Gasteiger partial charge in [-0.2, -0.15) is 0 Å². The molecule has 1 heterocycles. The lowest BCUT2D eigenvalue weighted by molar-refractivity contribution is -0.115. The number of amides is 1. The SMILES string of the molecule is Cc1ccc(C2=NC3(CCC(C)CC3)NC2=O)cc1. The van der Waals surface area contributed by atoms with Crippen molar-refractivity contribution in [3.63, 3.8) is 0 Å². The number of rotatable bonds is 1. The van der Waals surface area contributed by atoms with E-state index in [0.29, 0.717) is 5.71 Å². The van der Waals surface area contributed by atoms with Crippen LogP contribution in [0.2, 0.25) is 0 Å². The lowest BCUT2D eigenvalue weighted by Crippen LogP contribution is -2.44. The van der Waals surface area contributed by atoms with E-state index in [4.69, 9.17) is 4.99 Å². The molecule has 1 spiro atoms. The van der Waals surface area contributed by atoms with Crippen LogP contribution in [0.4, 0.5) is 0 Å². The van der Waals surface area contributed by atoms with Crippen molar-refractivity contribution < 1.29 is 4.79 Å². The molecule has 100 valence electrons. The molecule has 3 rings (SSSR count). The highest BCUT2D eigenvalue weighted by molar-refractivity contribution is 6.46. The highest BCUT2D eigenvalue weighted by atomic mass is 16.2. The topological polar surface area (TPSA) is 41.5 Å². The second-order valence-electron chi connectivity index (χ2n) is 5.99. The standard InChI is InChI=1S/C16H20N2O/c1-11-3-5-13(6-4-11)14-15(19)18-16(17-14)9-7-12(2)8-10-16/h3-6,12H,7-10H2,1-2H3,(H,18,19). The number of benzene rings is 1. The Balaban J connectivity index is 1.89. The summed E-state index contributed by atoms with van der Waals surface area (Å²) in [4.78, 5) is 16.9. The Morgan fingerprint density at radius 3 is 2.47 bits per heavy atom. The van der Waals surface area contributed by atoms with Crippen molar-refractivity contribution >= 4 is 11.6 Å². The summed E-state index contributed by atoms with van der Waals surface area (Å²) < 4.78 is 0. The predicted octanol–water partition coefficient (Wildman–Crippen LogP) is 2.82. The maximum absolute atomic E-state index is 12.2. The van der Waals surface area contributed by atoms with Gasteiger partial charge in [0.25, 0.3) is 5.91 Å². The van der Waals surface area contributed by atoms with Crippen molar-refractivity contribution in [2.45, 2.75) is 45.2 Å². The molecule has 1 saturated carbocycles. The number of aliphatic imine (C=N–C) groups is 1. The molecule has 1 aliphatic heterocycles. The second kappa shape index (κ2) is 4.48. The third-order valence-corrected chi connectivity index (χ3v) is 4.31. The molecular formula is C16H20N2O. The van der Waals surface area contributed by atoms with Gasteiger partial charge in [0.05, 0.1) is 0 Å². The number of hydrogen-bond acceptors (Lipinski definition) is 2. The number of nitrogens with one attached hydrogen (secondary N) is 1. The van der Waals surface area contributed by atoms with Crippen molar-refractivity contribution in [3.05, 3.63) is 35.4 Å². The Hall–Kier alpha value is -1.64. The van der Waals surface area contributed by atoms with Crippen molar-refractivity contribution in [3.8, 4) is 0 Å². The molecule has 1 aromatic rings. The summed E-state index contributed by atoms with van der Waals surface area (Å²) in [6.45, 7) is 4.32. The summed E-state index contributed by atoms with van der Waals surface area (Å²) in [5, 5.41) is 3.11. The van der Waals surface area contributed by atoms with Gasteiger partial charge in [-0.3, -0.25) is 9.79 Å². The molecule has 0 aromatic heterocycles. The van der Waals surface area contributed by atoms with E-state index in [0.717, 1.165) is 37.2 Å². The molecule has 0 saturated heterocycles. The summed E-state index contributed by atoms with van der Waals surface area (Å²) in [5.74, 6) is 0.736. The lowest BCUT2D eigenvalue weighted by atomic mass is 9.83. The number of hydrogen-bond donors (Lipinski definition) is 1. The molecule has 0 atom stereocenters. The largest absolute Gasteiger partial charge is 0.326 e. The Bertz CT molecular complexity index is 522. The maximum atomic E-state index is 12.2. The van der Waals surface area contributed by atoms with Gasteiger partial charge in [-0.05, 0) is 38.5 Å². The van der Waals surface area contributed by atoms with Crippen LogP contribution in [0.25, 0.3) is 0 Å². The van der Waals surface area contributed by atoms with Crippen molar-refractivity contribution in [2.24, 2.45) is 10.9 Å². The van der Waals surface area contributed by atoms with Gasteiger partial charge in [0.1, 0.15) is 11.4 Å². The van der Waals surface area contributed by atoms with Gasteiger partial charge in [0.15, 0.2) is 0 Å². The summed E-state index contributed by atoms with van der Waals surface area (Å²) in [5.41, 5.74) is 2.42. The van der Waals surface area contributed by atoms with Crippen LogP contribution < -0.4 is 5.32 Å². The molecule has 1 fully saturated rings. The van der Waals surface area contributed by atoms with Gasteiger partial charge in [0, 0.05) is 5.56 Å². The average molecular weight is 256 g/mol. The van der Waals surface area contributed by atoms with Crippen molar-refractivity contribution in [1.29, 1.82) is 0 Å². The van der Waals surface area contributed by atoms with E-state index >= 15 is 0 Å². The van der Waals surface area contributed by atoms with E-state index in [9.17, 15) is 4.79 Å². The van der Waals surface area contributed by atoms with E-state index in [1.54, 1.807) is 0 Å². The molecular weight excluding hydrogens is 236 g/mol. The molecule has 0 radical (unpaired) electrons. The number of nitrogens with zero attached hydrogens (tertiary/aromatic N) is 1. The summed E-state index contributed by atoms with van der Waals surface area (Å²) in [6.07, 6.45) is 4.22. The van der Waals surface area contributed by atoms with Crippen LogP contribution in [-0.2, 0) is 4.79 Å². The molecule has 3 nitrogen and oxygen atoms in total. The first-order valence-corrected chi connectivity index (χ1v) is 7.07. The van der Waals surface area contributed by atoms with Crippen LogP contribution >= 0.6 is 0 Å². The summed E-state index contributed by atoms with van der Waals surface area (Å²) in [6, 6.07) is 8.02. The zero-order valence-corrected chi connectivity index (χ0v) is 11.6. The minimum Gasteiger partial charge on any atom is -0.326 e. The van der Waals surface area contributed by atoms with Crippen molar-refractivity contribution in [1.82, 2.24) is 5.32 Å². The Morgan fingerprint density at radius 1 is 1.21 bits per heavy atom. The van der Waals surface area contributed by atoms with E-state index in [1.807, 2.05) is 31.2 Å². The average Bonchev–Trinajstić information content (AvgIpc) is 2.72. The predicted molar refractivity (Wildman–Crippen MR) is 76.2 cm³/mol. The van der Waals surface area contributed by atoms with Crippen LogP contribution in [0, 0.1) is 12.8 Å². The van der Waals surface area contributed by atoms with Crippen LogP contribution in [0.15, 0.2) is 29.3 Å². The van der Waals surface area contributed by atoms with Gasteiger partial charge in [0.2, 0.25) is 0 Å². The fourth-order valence-corrected chi connectivity index (χ4v) is 2.95. The summed E-state index contributed by atoms with van der Waals surface area (Å²) in [7, 11) is 0. The smallest absolute Gasteiger partial charge is 0.272 e. The van der Waals surface area contributed by atoms with Crippen molar-refractivity contribution in [2.75, 3.05) is 0 Å². The first-order valence-electron chi connectivity index (χ1n) is 7.07. The zero-order chi connectivity index (χ0) is 13.5. The Morgan fingerprint density at radius 2 is 1.84 bits per heavy atom. The second-order valence-corrected chi connectivity index (χ2v) is 5.99. The molecule has 1 N–H and O–H groups in total. The molecule has 3 heteroatoms. The fourth-order valence-electron chi connectivity index (χ4n) is 2.95. The minimum absolute atomic E-state index is 0.0154. The number of carbonyl (C=O) groups is 1. The fraction of sp³-hybridized carbons (Fsp3) is 0.500. The molecule has 0 unspecified atom stereocenters. The van der Waals surface area contributed by atoms with E-state index in [-0.39, 0.29) is 11.6 Å². The third-order valence-electron chi connectivity index (χ3n) is 4.31. The molecule has 19 heavy (non-hydrogen) atoms. The monoisotopic (exact) mass is 256 g/mol. The summed E-state index contributed by atoms with van der Waals surface area (Å²) >= 11 is 0. The Labute approximate surface area is 114 Å². The van der Waals surface area contributed by atoms with Gasteiger partial charge in [-0.25, -0.2) is 0 Å². The van der Waals surface area contributed by atoms with E-state index < -0.39 is 0 Å². The molecule has 0 bridgehead atoms. The lowest BCUT2D eigenvalue weighted by Gasteiger charge is -2.33. The molecule has 1 aromatic carbocycles. The van der Waals surface area contributed by atoms with Gasteiger partial charge in [-0.15, -0.1) is 0 Å². The molecule has 2 aliphatic rings. The quantitative estimate of drug-likeness (QED) is 0.824. The first kappa shape index (κ1) is 12.4. The molecule has 1 aliphatic carbocycles. The highest BCUT2D eigenvalue weighted by Crippen LogP contribution is 2.35. The van der Waals surface area contributed by atoms with Crippen LogP contribution in [0.1, 0.15) is 43.7 Å². The zero-order valence-electron chi connectivity index (χ0n) is 11.6. The highest BCUT2D eigenvalue weighted by Gasteiger charge is 2.41. The Kier molecular flexibility index (Phi) is 2.92.